The highest BCUT2D eigenvalue weighted by Crippen LogP contribution is 2.26. The minimum Gasteiger partial charge on any atom is -0.478 e. The summed E-state index contributed by atoms with van der Waals surface area (Å²) in [5.74, 6) is -0.895. The molecule has 4 heteroatoms. The molecule has 100 valence electrons. The van der Waals surface area contributed by atoms with Crippen molar-refractivity contribution < 1.29 is 9.90 Å². The fourth-order valence-electron chi connectivity index (χ4n) is 2.05. The monoisotopic (exact) mass is 258 g/mol. The first-order chi connectivity index (χ1) is 8.90. The third kappa shape index (κ3) is 2.52. The number of hydrogen-bond donors (Lipinski definition) is 1. The Morgan fingerprint density at radius 2 is 2.00 bits per heavy atom. The Kier molecular flexibility index (Phi) is 3.42. The normalized spacial score (nSPS) is 11.0. The molecule has 1 aromatic carbocycles. The fourth-order valence-corrected chi connectivity index (χ4v) is 2.05. The molecular formula is C15H18N2O2. The van der Waals surface area contributed by atoms with E-state index in [0.29, 0.717) is 5.56 Å². The van der Waals surface area contributed by atoms with E-state index in [9.17, 15) is 9.90 Å². The molecule has 0 aliphatic rings. The molecule has 0 aliphatic heterocycles. The summed E-state index contributed by atoms with van der Waals surface area (Å²) in [4.78, 5) is 11.2. The first kappa shape index (κ1) is 13.3. The Balaban J connectivity index is 2.53. The van der Waals surface area contributed by atoms with Crippen LogP contribution in [0, 0.1) is 13.8 Å². The molecule has 0 unspecified atom stereocenters. The zero-order chi connectivity index (χ0) is 14.2. The number of aromatic nitrogens is 2. The quantitative estimate of drug-likeness (QED) is 0.917. The molecule has 0 radical (unpaired) electrons. The van der Waals surface area contributed by atoms with Crippen LogP contribution in [-0.4, -0.2) is 20.9 Å². The molecule has 0 amide bonds. The van der Waals surface area contributed by atoms with Crippen molar-refractivity contribution in [3.05, 3.63) is 41.2 Å². The van der Waals surface area contributed by atoms with Crippen molar-refractivity contribution in [2.45, 2.75) is 33.7 Å². The van der Waals surface area contributed by atoms with E-state index in [4.69, 9.17) is 0 Å². The maximum Gasteiger partial charge on any atom is 0.335 e. The first-order valence-corrected chi connectivity index (χ1v) is 6.30. The highest BCUT2D eigenvalue weighted by atomic mass is 16.4. The minimum atomic E-state index is -0.895. The largest absolute Gasteiger partial charge is 0.478 e. The molecule has 0 saturated heterocycles. The van der Waals surface area contributed by atoms with Crippen LogP contribution in [0.4, 0.5) is 0 Å². The summed E-state index contributed by atoms with van der Waals surface area (Å²) < 4.78 is 1.89. The predicted molar refractivity (Wildman–Crippen MR) is 74.5 cm³/mol. The number of aromatic carboxylic acids is 1. The number of carbonyl (C=O) groups is 1. The molecule has 1 heterocycles. The van der Waals surface area contributed by atoms with E-state index >= 15 is 0 Å². The van der Waals surface area contributed by atoms with Crippen molar-refractivity contribution in [2.24, 2.45) is 0 Å². The van der Waals surface area contributed by atoms with Gasteiger partial charge in [0.2, 0.25) is 0 Å². The molecule has 2 aromatic rings. The van der Waals surface area contributed by atoms with Gasteiger partial charge in [-0.3, -0.25) is 4.68 Å². The highest BCUT2D eigenvalue weighted by Gasteiger charge is 2.13. The van der Waals surface area contributed by atoms with Gasteiger partial charge in [-0.1, -0.05) is 12.1 Å². The van der Waals surface area contributed by atoms with Gasteiger partial charge in [0, 0.05) is 17.8 Å². The maximum absolute atomic E-state index is 11.2. The molecule has 0 fully saturated rings. The van der Waals surface area contributed by atoms with E-state index in [1.54, 1.807) is 13.0 Å². The first-order valence-electron chi connectivity index (χ1n) is 6.30. The van der Waals surface area contributed by atoms with Gasteiger partial charge in [-0.2, -0.15) is 5.10 Å². The lowest BCUT2D eigenvalue weighted by atomic mass is 10.0. The van der Waals surface area contributed by atoms with Gasteiger partial charge in [-0.05, 0) is 44.9 Å². The van der Waals surface area contributed by atoms with Crippen LogP contribution in [0.3, 0.4) is 0 Å². The number of carboxylic acid groups (broad SMARTS) is 1. The van der Waals surface area contributed by atoms with Gasteiger partial charge in [0.05, 0.1) is 11.3 Å². The van der Waals surface area contributed by atoms with Crippen LogP contribution in [0.15, 0.2) is 24.4 Å². The second-order valence-electron chi connectivity index (χ2n) is 5.04. The molecule has 0 bridgehead atoms. The Morgan fingerprint density at radius 3 is 2.53 bits per heavy atom. The van der Waals surface area contributed by atoms with Crippen LogP contribution in [0.2, 0.25) is 0 Å². The Bertz CT molecular complexity index is 627. The summed E-state index contributed by atoms with van der Waals surface area (Å²) in [6.45, 7) is 7.87. The summed E-state index contributed by atoms with van der Waals surface area (Å²) in [7, 11) is 0. The summed E-state index contributed by atoms with van der Waals surface area (Å²) in [6, 6.07) is 5.78. The molecule has 0 saturated carbocycles. The molecule has 2 rings (SSSR count). The van der Waals surface area contributed by atoms with Gasteiger partial charge < -0.3 is 5.11 Å². The number of hydrogen-bond acceptors (Lipinski definition) is 2. The predicted octanol–water partition coefficient (Wildman–Crippen LogP) is 3.45. The van der Waals surface area contributed by atoms with Gasteiger partial charge in [0.25, 0.3) is 0 Å². The molecule has 0 spiro atoms. The number of benzene rings is 1. The van der Waals surface area contributed by atoms with E-state index in [-0.39, 0.29) is 6.04 Å². The Labute approximate surface area is 112 Å². The lowest BCUT2D eigenvalue weighted by Gasteiger charge is -2.05. The van der Waals surface area contributed by atoms with Crippen molar-refractivity contribution in [3.63, 3.8) is 0 Å². The SMILES string of the molecule is Cc1ccc(-c2cn(C(C)C)nc2C)cc1C(=O)O. The second-order valence-corrected chi connectivity index (χ2v) is 5.04. The van der Waals surface area contributed by atoms with Gasteiger partial charge in [0.1, 0.15) is 0 Å². The third-order valence-electron chi connectivity index (χ3n) is 3.22. The molecule has 1 aromatic heterocycles. The van der Waals surface area contributed by atoms with Gasteiger partial charge >= 0.3 is 5.97 Å². The van der Waals surface area contributed by atoms with Crippen molar-refractivity contribution in [1.29, 1.82) is 0 Å². The van der Waals surface area contributed by atoms with Crippen LogP contribution in [0.1, 0.15) is 41.5 Å². The number of nitrogens with zero attached hydrogens (tertiary/aromatic N) is 2. The lowest BCUT2D eigenvalue weighted by Crippen LogP contribution is -2.00. The zero-order valence-electron chi connectivity index (χ0n) is 11.6. The molecule has 19 heavy (non-hydrogen) atoms. The topological polar surface area (TPSA) is 55.1 Å². The Hall–Kier alpha value is -2.10. The summed E-state index contributed by atoms with van der Waals surface area (Å²) >= 11 is 0. The van der Waals surface area contributed by atoms with Crippen molar-refractivity contribution in [2.75, 3.05) is 0 Å². The van der Waals surface area contributed by atoms with E-state index in [1.165, 1.54) is 0 Å². The second kappa shape index (κ2) is 4.88. The molecule has 4 nitrogen and oxygen atoms in total. The standard InChI is InChI=1S/C15H18N2O2/c1-9(2)17-8-14(11(4)16-17)12-6-5-10(3)13(7-12)15(18)19/h5-9H,1-4H3,(H,18,19). The summed E-state index contributed by atoms with van der Waals surface area (Å²) in [5, 5.41) is 13.6. The van der Waals surface area contributed by atoms with Crippen molar-refractivity contribution >= 4 is 5.97 Å². The van der Waals surface area contributed by atoms with Crippen LogP contribution in [0.25, 0.3) is 11.1 Å². The maximum atomic E-state index is 11.2. The van der Waals surface area contributed by atoms with Gasteiger partial charge in [-0.25, -0.2) is 4.79 Å². The number of carboxylic acids is 1. The zero-order valence-corrected chi connectivity index (χ0v) is 11.6. The average molecular weight is 258 g/mol. The molecule has 1 N–H and O–H groups in total. The van der Waals surface area contributed by atoms with E-state index in [0.717, 1.165) is 22.4 Å². The number of aryl methyl sites for hydroxylation is 2. The van der Waals surface area contributed by atoms with Gasteiger partial charge in [0.15, 0.2) is 0 Å². The van der Waals surface area contributed by atoms with Crippen LogP contribution in [0.5, 0.6) is 0 Å². The van der Waals surface area contributed by atoms with Crippen LogP contribution < -0.4 is 0 Å². The Morgan fingerprint density at radius 1 is 1.32 bits per heavy atom. The van der Waals surface area contributed by atoms with Crippen LogP contribution in [-0.2, 0) is 0 Å². The third-order valence-corrected chi connectivity index (χ3v) is 3.22. The lowest BCUT2D eigenvalue weighted by molar-refractivity contribution is 0.0696. The number of rotatable bonds is 3. The van der Waals surface area contributed by atoms with E-state index in [2.05, 4.69) is 18.9 Å². The highest BCUT2D eigenvalue weighted by molar-refractivity contribution is 5.91. The minimum absolute atomic E-state index is 0.289. The fraction of sp³-hybridized carbons (Fsp3) is 0.333. The van der Waals surface area contributed by atoms with Gasteiger partial charge in [-0.15, -0.1) is 0 Å². The van der Waals surface area contributed by atoms with Crippen molar-refractivity contribution in [1.82, 2.24) is 9.78 Å². The average Bonchev–Trinajstić information content (AvgIpc) is 2.72. The summed E-state index contributed by atoms with van der Waals surface area (Å²) in [6.07, 6.45) is 1.97. The van der Waals surface area contributed by atoms with Crippen molar-refractivity contribution in [3.8, 4) is 11.1 Å². The van der Waals surface area contributed by atoms with Crippen LogP contribution >= 0.6 is 0 Å². The molecule has 0 atom stereocenters. The summed E-state index contributed by atoms with van der Waals surface area (Å²) in [5.41, 5.74) is 3.90. The van der Waals surface area contributed by atoms with E-state index < -0.39 is 5.97 Å². The van der Waals surface area contributed by atoms with E-state index in [1.807, 2.05) is 29.9 Å². The smallest absolute Gasteiger partial charge is 0.335 e. The molecule has 0 aliphatic carbocycles. The molecular weight excluding hydrogens is 240 g/mol.